The van der Waals surface area contributed by atoms with E-state index in [0.29, 0.717) is 6.54 Å². The Labute approximate surface area is 115 Å². The van der Waals surface area contributed by atoms with Crippen molar-refractivity contribution in [1.82, 2.24) is 5.32 Å². The smallest absolute Gasteiger partial charge is 0.118 e. The lowest BCUT2D eigenvalue weighted by atomic mass is 10.1. The van der Waals surface area contributed by atoms with Gasteiger partial charge in [-0.1, -0.05) is 25.0 Å². The van der Waals surface area contributed by atoms with Crippen molar-refractivity contribution >= 4 is 0 Å². The van der Waals surface area contributed by atoms with Crippen LogP contribution in [0.3, 0.4) is 0 Å². The van der Waals surface area contributed by atoms with E-state index >= 15 is 0 Å². The Hall–Kier alpha value is -1.10. The predicted octanol–water partition coefficient (Wildman–Crippen LogP) is 1.87. The summed E-state index contributed by atoms with van der Waals surface area (Å²) >= 11 is 0. The van der Waals surface area contributed by atoms with Crippen molar-refractivity contribution in [3.8, 4) is 5.75 Å². The van der Waals surface area contributed by atoms with Gasteiger partial charge >= 0.3 is 0 Å². The summed E-state index contributed by atoms with van der Waals surface area (Å²) in [6, 6.07) is 7.47. The van der Waals surface area contributed by atoms with Gasteiger partial charge in [-0.2, -0.15) is 0 Å². The second-order valence-corrected chi connectivity index (χ2v) is 4.63. The largest absolute Gasteiger partial charge is 0.497 e. The van der Waals surface area contributed by atoms with Gasteiger partial charge in [0, 0.05) is 13.2 Å². The summed E-state index contributed by atoms with van der Waals surface area (Å²) in [5.74, 6) is 0.799. The van der Waals surface area contributed by atoms with Crippen LogP contribution in [-0.2, 0) is 0 Å². The Morgan fingerprint density at radius 3 is 2.42 bits per heavy atom. The van der Waals surface area contributed by atoms with Crippen LogP contribution in [0.15, 0.2) is 24.3 Å². The van der Waals surface area contributed by atoms with E-state index in [9.17, 15) is 5.11 Å². The van der Waals surface area contributed by atoms with Crippen molar-refractivity contribution in [1.29, 1.82) is 0 Å². The first-order valence-electron chi connectivity index (χ1n) is 6.91. The quantitative estimate of drug-likeness (QED) is 0.566. The van der Waals surface area contributed by atoms with E-state index in [1.807, 2.05) is 24.3 Å². The van der Waals surface area contributed by atoms with Crippen molar-refractivity contribution in [3.63, 3.8) is 0 Å². The van der Waals surface area contributed by atoms with Crippen LogP contribution >= 0.6 is 0 Å². The molecule has 0 spiro atoms. The Kier molecular flexibility index (Phi) is 8.21. The van der Waals surface area contributed by atoms with Crippen molar-refractivity contribution in [3.05, 3.63) is 29.8 Å². The topological polar surface area (TPSA) is 61.7 Å². The normalized spacial score (nSPS) is 12.4. The molecule has 1 aromatic carbocycles. The first-order chi connectivity index (χ1) is 9.27. The minimum atomic E-state index is -0.483. The minimum Gasteiger partial charge on any atom is -0.497 e. The molecule has 1 unspecified atom stereocenters. The Morgan fingerprint density at radius 1 is 1.11 bits per heavy atom. The molecule has 0 saturated carbocycles. The van der Waals surface area contributed by atoms with Gasteiger partial charge in [0.25, 0.3) is 0 Å². The van der Waals surface area contributed by atoms with Gasteiger partial charge in [0.05, 0.1) is 13.2 Å². The van der Waals surface area contributed by atoms with Gasteiger partial charge in [-0.25, -0.2) is 0 Å². The monoisotopic (exact) mass is 267 g/mol. The number of hydrogen-bond acceptors (Lipinski definition) is 4. The zero-order valence-electron chi connectivity index (χ0n) is 11.6. The fourth-order valence-corrected chi connectivity index (χ4v) is 1.90. The second kappa shape index (κ2) is 9.78. The molecule has 19 heavy (non-hydrogen) atoms. The van der Waals surface area contributed by atoms with E-state index in [4.69, 9.17) is 9.84 Å². The molecule has 3 N–H and O–H groups in total. The van der Waals surface area contributed by atoms with Crippen LogP contribution in [0.5, 0.6) is 5.75 Å². The first kappa shape index (κ1) is 16.0. The minimum absolute atomic E-state index is 0.281. The second-order valence-electron chi connectivity index (χ2n) is 4.63. The van der Waals surface area contributed by atoms with Crippen LogP contribution in [0, 0.1) is 0 Å². The molecule has 0 aliphatic heterocycles. The zero-order chi connectivity index (χ0) is 13.9. The standard InChI is InChI=1S/C15H25NO3/c1-19-14-8-6-13(7-9-14)15(18)12-16-10-4-2-3-5-11-17/h6-9,15-18H,2-5,10-12H2,1H3. The van der Waals surface area contributed by atoms with Crippen molar-refractivity contribution in [2.24, 2.45) is 0 Å². The molecule has 1 aromatic rings. The Morgan fingerprint density at radius 2 is 1.79 bits per heavy atom. The number of unbranched alkanes of at least 4 members (excludes halogenated alkanes) is 3. The lowest BCUT2D eigenvalue weighted by molar-refractivity contribution is 0.174. The number of rotatable bonds is 10. The van der Waals surface area contributed by atoms with E-state index in [1.165, 1.54) is 0 Å². The summed E-state index contributed by atoms with van der Waals surface area (Å²) in [6.45, 7) is 1.74. The van der Waals surface area contributed by atoms with Crippen molar-refractivity contribution < 1.29 is 14.9 Å². The number of methoxy groups -OCH3 is 1. The molecular weight excluding hydrogens is 242 g/mol. The zero-order valence-corrected chi connectivity index (χ0v) is 11.6. The molecule has 4 heteroatoms. The molecule has 108 valence electrons. The highest BCUT2D eigenvalue weighted by Gasteiger charge is 2.06. The third kappa shape index (κ3) is 6.57. The van der Waals surface area contributed by atoms with Crippen LogP contribution < -0.4 is 10.1 Å². The summed E-state index contributed by atoms with van der Waals surface area (Å²) in [5.41, 5.74) is 0.897. The molecule has 0 radical (unpaired) electrons. The molecular formula is C15H25NO3. The van der Waals surface area contributed by atoms with E-state index in [-0.39, 0.29) is 6.61 Å². The molecule has 0 saturated heterocycles. The molecule has 0 bridgehead atoms. The van der Waals surface area contributed by atoms with Gasteiger partial charge < -0.3 is 20.3 Å². The van der Waals surface area contributed by atoms with Gasteiger partial charge in [-0.05, 0) is 37.1 Å². The maximum absolute atomic E-state index is 9.99. The van der Waals surface area contributed by atoms with Crippen LogP contribution in [0.1, 0.15) is 37.4 Å². The molecule has 0 aliphatic carbocycles. The lowest BCUT2D eigenvalue weighted by Crippen LogP contribution is -2.22. The van der Waals surface area contributed by atoms with Gasteiger partial charge in [-0.3, -0.25) is 0 Å². The van der Waals surface area contributed by atoms with E-state index in [2.05, 4.69) is 5.32 Å². The maximum atomic E-state index is 9.99. The Bertz CT molecular complexity index is 327. The van der Waals surface area contributed by atoms with Gasteiger partial charge in [0.15, 0.2) is 0 Å². The van der Waals surface area contributed by atoms with Gasteiger partial charge in [-0.15, -0.1) is 0 Å². The third-order valence-electron chi connectivity index (χ3n) is 3.10. The van der Waals surface area contributed by atoms with Crippen LogP contribution in [0.25, 0.3) is 0 Å². The molecule has 4 nitrogen and oxygen atoms in total. The number of hydrogen-bond donors (Lipinski definition) is 3. The average molecular weight is 267 g/mol. The maximum Gasteiger partial charge on any atom is 0.118 e. The number of aliphatic hydroxyl groups is 2. The highest BCUT2D eigenvalue weighted by Crippen LogP contribution is 2.16. The van der Waals surface area contributed by atoms with Gasteiger partial charge in [0.1, 0.15) is 5.75 Å². The molecule has 1 rings (SSSR count). The molecule has 1 atom stereocenters. The summed E-state index contributed by atoms with van der Waals surface area (Å²) in [6.07, 6.45) is 3.67. The van der Waals surface area contributed by atoms with E-state index < -0.39 is 6.10 Å². The van der Waals surface area contributed by atoms with Crippen molar-refractivity contribution in [2.75, 3.05) is 26.8 Å². The fourth-order valence-electron chi connectivity index (χ4n) is 1.90. The summed E-state index contributed by atoms with van der Waals surface area (Å²) in [7, 11) is 1.63. The predicted molar refractivity (Wildman–Crippen MR) is 76.4 cm³/mol. The molecule has 0 fully saturated rings. The van der Waals surface area contributed by atoms with Gasteiger partial charge in [0.2, 0.25) is 0 Å². The summed E-state index contributed by atoms with van der Waals surface area (Å²) < 4.78 is 5.08. The Balaban J connectivity index is 2.14. The summed E-state index contributed by atoms with van der Waals surface area (Å²) in [4.78, 5) is 0. The molecule has 0 aliphatic rings. The number of nitrogens with one attached hydrogen (secondary N) is 1. The number of ether oxygens (including phenoxy) is 1. The fraction of sp³-hybridized carbons (Fsp3) is 0.600. The summed E-state index contributed by atoms with van der Waals surface area (Å²) in [5, 5.41) is 21.9. The third-order valence-corrected chi connectivity index (χ3v) is 3.10. The number of aliphatic hydroxyl groups excluding tert-OH is 2. The molecule has 0 amide bonds. The first-order valence-corrected chi connectivity index (χ1v) is 6.91. The van der Waals surface area contributed by atoms with E-state index in [1.54, 1.807) is 7.11 Å². The van der Waals surface area contributed by atoms with Crippen LogP contribution in [-0.4, -0.2) is 37.0 Å². The number of benzene rings is 1. The average Bonchev–Trinajstić information content (AvgIpc) is 2.46. The SMILES string of the molecule is COc1ccc(C(O)CNCCCCCCO)cc1. The molecule has 0 aromatic heterocycles. The highest BCUT2D eigenvalue weighted by atomic mass is 16.5. The highest BCUT2D eigenvalue weighted by molar-refractivity contribution is 5.28. The van der Waals surface area contributed by atoms with Crippen LogP contribution in [0.2, 0.25) is 0 Å². The van der Waals surface area contributed by atoms with E-state index in [0.717, 1.165) is 43.5 Å². The molecule has 0 heterocycles. The lowest BCUT2D eigenvalue weighted by Gasteiger charge is -2.12. The van der Waals surface area contributed by atoms with Crippen molar-refractivity contribution in [2.45, 2.75) is 31.8 Å². The van der Waals surface area contributed by atoms with Crippen LogP contribution in [0.4, 0.5) is 0 Å².